The van der Waals surface area contributed by atoms with Crippen LogP contribution in [0.2, 0.25) is 0 Å². The summed E-state index contributed by atoms with van der Waals surface area (Å²) in [5.74, 6) is 0.639. The second kappa shape index (κ2) is 7.12. The van der Waals surface area contributed by atoms with E-state index in [1.54, 1.807) is 0 Å². The lowest BCUT2D eigenvalue weighted by Gasteiger charge is -2.38. The predicted octanol–water partition coefficient (Wildman–Crippen LogP) is 6.84. The summed E-state index contributed by atoms with van der Waals surface area (Å²) >= 11 is 0. The summed E-state index contributed by atoms with van der Waals surface area (Å²) in [7, 11) is -0.410. The molecule has 1 fully saturated rings. The van der Waals surface area contributed by atoms with Gasteiger partial charge in [-0.05, 0) is 80.4 Å². The molecule has 0 aromatic heterocycles. The third kappa shape index (κ3) is 2.66. The number of aryl methyl sites for hydroxylation is 1. The van der Waals surface area contributed by atoms with E-state index < -0.39 is 18.3 Å². The third-order valence-corrected chi connectivity index (χ3v) is 9.53. The molecule has 3 aromatic rings. The van der Waals surface area contributed by atoms with Crippen LogP contribution in [0.3, 0.4) is 0 Å². The highest BCUT2D eigenvalue weighted by Gasteiger charge is 2.60. The summed E-state index contributed by atoms with van der Waals surface area (Å²) < 4.78 is 13.4. The maximum absolute atomic E-state index is 6.69. The number of benzene rings is 3. The highest BCUT2D eigenvalue weighted by molar-refractivity contribution is 6.63. The van der Waals surface area contributed by atoms with Crippen molar-refractivity contribution in [2.75, 3.05) is 0 Å². The van der Waals surface area contributed by atoms with E-state index in [2.05, 4.69) is 120 Å². The smallest absolute Gasteiger partial charge is 0.399 e. The second-order valence-electron chi connectivity index (χ2n) is 12.1. The van der Waals surface area contributed by atoms with E-state index in [0.717, 1.165) is 5.46 Å². The number of rotatable bonds is 1. The molecule has 3 unspecified atom stereocenters. The van der Waals surface area contributed by atoms with E-state index in [9.17, 15) is 0 Å². The van der Waals surface area contributed by atoms with Gasteiger partial charge < -0.3 is 9.31 Å². The van der Waals surface area contributed by atoms with Crippen molar-refractivity contribution in [2.45, 2.75) is 64.1 Å². The molecule has 3 atom stereocenters. The fourth-order valence-corrected chi connectivity index (χ4v) is 7.21. The Morgan fingerprint density at radius 3 is 2.28 bits per heavy atom. The first kappa shape index (κ1) is 22.3. The molecule has 1 spiro atoms. The highest BCUT2D eigenvalue weighted by atomic mass is 16.7. The summed E-state index contributed by atoms with van der Waals surface area (Å²) in [6.07, 6.45) is 7.25. The van der Waals surface area contributed by atoms with Gasteiger partial charge in [-0.15, -0.1) is 0 Å². The molecule has 3 aromatic carbocycles. The highest BCUT2D eigenvalue weighted by Crippen LogP contribution is 2.65. The quantitative estimate of drug-likeness (QED) is 0.361. The molecular formula is C33H33BO2. The maximum atomic E-state index is 6.69. The molecule has 2 nitrogen and oxygen atoms in total. The number of hydrogen-bond acceptors (Lipinski definition) is 2. The fourth-order valence-electron chi connectivity index (χ4n) is 7.21. The van der Waals surface area contributed by atoms with Gasteiger partial charge in [0.05, 0.1) is 16.6 Å². The summed E-state index contributed by atoms with van der Waals surface area (Å²) in [6.45, 7) is 13.0. The van der Waals surface area contributed by atoms with Gasteiger partial charge >= 0.3 is 7.12 Å². The normalized spacial score (nSPS) is 28.1. The monoisotopic (exact) mass is 472 g/mol. The largest absolute Gasteiger partial charge is 0.495 e. The van der Waals surface area contributed by atoms with E-state index in [1.165, 1.54) is 44.5 Å². The number of allylic oxidation sites excluding steroid dienone is 4. The zero-order chi connectivity index (χ0) is 25.0. The second-order valence-corrected chi connectivity index (χ2v) is 12.1. The first-order valence-corrected chi connectivity index (χ1v) is 13.2. The predicted molar refractivity (Wildman–Crippen MR) is 148 cm³/mol. The van der Waals surface area contributed by atoms with Gasteiger partial charge in [0.1, 0.15) is 0 Å². The summed E-state index contributed by atoms with van der Waals surface area (Å²) in [6, 6.07) is 22.9. The molecule has 0 bridgehead atoms. The first-order valence-electron chi connectivity index (χ1n) is 13.2. The first-order chi connectivity index (χ1) is 17.1. The maximum Gasteiger partial charge on any atom is 0.495 e. The molecule has 0 amide bonds. The average molecular weight is 472 g/mol. The molecule has 1 saturated heterocycles. The molecule has 3 aliphatic carbocycles. The van der Waals surface area contributed by atoms with E-state index in [0.29, 0.717) is 11.8 Å². The van der Waals surface area contributed by atoms with E-state index >= 15 is 0 Å². The van der Waals surface area contributed by atoms with Gasteiger partial charge in [0, 0.05) is 11.8 Å². The lowest BCUT2D eigenvalue weighted by atomic mass is 9.60. The van der Waals surface area contributed by atoms with Gasteiger partial charge in [0.25, 0.3) is 0 Å². The standard InChI is InChI=1S/C33H33BO2/c1-20-14-16-23-24-17-15-21(2)19-28(24)33(27(23)18-20)26-12-8-7-10-22(26)25-11-9-13-29(30(25)33)34-35-31(3,4)32(5,6)36-34/h7-19,23,27H,1-6H3. The summed E-state index contributed by atoms with van der Waals surface area (Å²) in [4.78, 5) is 0. The summed E-state index contributed by atoms with van der Waals surface area (Å²) in [5.41, 5.74) is 11.0. The number of fused-ring (bicyclic) bond motifs is 10. The molecule has 0 saturated carbocycles. The molecule has 7 rings (SSSR count). The summed E-state index contributed by atoms with van der Waals surface area (Å²) in [5, 5.41) is 0. The van der Waals surface area contributed by atoms with E-state index in [4.69, 9.17) is 9.31 Å². The third-order valence-electron chi connectivity index (χ3n) is 9.53. The molecule has 0 radical (unpaired) electrons. The molecule has 180 valence electrons. The molecule has 3 heteroatoms. The van der Waals surface area contributed by atoms with Crippen LogP contribution in [-0.2, 0) is 14.7 Å². The van der Waals surface area contributed by atoms with Crippen molar-refractivity contribution < 1.29 is 9.31 Å². The molecule has 1 heterocycles. The minimum absolute atomic E-state index is 0.288. The Bertz CT molecular complexity index is 1480. The van der Waals surface area contributed by atoms with Crippen molar-refractivity contribution >= 4 is 12.6 Å². The number of hydrogen-bond donors (Lipinski definition) is 0. The van der Waals surface area contributed by atoms with Crippen LogP contribution in [0, 0.1) is 12.8 Å². The van der Waals surface area contributed by atoms with E-state index in [-0.39, 0.29) is 5.41 Å². The van der Waals surface area contributed by atoms with Crippen LogP contribution < -0.4 is 5.46 Å². The van der Waals surface area contributed by atoms with E-state index in [1.807, 2.05) is 0 Å². The Morgan fingerprint density at radius 2 is 1.50 bits per heavy atom. The van der Waals surface area contributed by atoms with Crippen LogP contribution in [0.4, 0.5) is 0 Å². The molecule has 0 N–H and O–H groups in total. The Morgan fingerprint density at radius 1 is 0.778 bits per heavy atom. The van der Waals surface area contributed by atoms with Gasteiger partial charge in [0.15, 0.2) is 0 Å². The van der Waals surface area contributed by atoms with Crippen molar-refractivity contribution in [3.63, 3.8) is 0 Å². The topological polar surface area (TPSA) is 18.5 Å². The van der Waals surface area contributed by atoms with Crippen LogP contribution in [0.5, 0.6) is 0 Å². The molecule has 1 aliphatic heterocycles. The van der Waals surface area contributed by atoms with Crippen molar-refractivity contribution in [3.8, 4) is 11.1 Å². The lowest BCUT2D eigenvalue weighted by Crippen LogP contribution is -2.44. The fraction of sp³-hybridized carbons (Fsp3) is 0.333. The van der Waals surface area contributed by atoms with Crippen LogP contribution in [-0.4, -0.2) is 18.3 Å². The van der Waals surface area contributed by atoms with Crippen LogP contribution >= 0.6 is 0 Å². The lowest BCUT2D eigenvalue weighted by molar-refractivity contribution is 0.00578. The zero-order valence-electron chi connectivity index (χ0n) is 22.1. The molecule has 4 aliphatic rings. The average Bonchev–Trinajstić information content (AvgIpc) is 3.38. The molecular weight excluding hydrogens is 439 g/mol. The zero-order valence-corrected chi connectivity index (χ0v) is 22.1. The van der Waals surface area contributed by atoms with Gasteiger partial charge in [-0.1, -0.05) is 90.0 Å². The SMILES string of the molecule is CC1=CC2C(C=C1)c1ccc(C)cc1C21c2ccccc2-c2cccc(B3OC(C)(C)C(C)(C)O3)c21. The van der Waals surface area contributed by atoms with Crippen LogP contribution in [0.15, 0.2) is 84.5 Å². The van der Waals surface area contributed by atoms with Gasteiger partial charge in [0.2, 0.25) is 0 Å². The van der Waals surface area contributed by atoms with Crippen molar-refractivity contribution in [3.05, 3.63) is 112 Å². The molecule has 36 heavy (non-hydrogen) atoms. The Kier molecular flexibility index (Phi) is 4.42. The van der Waals surface area contributed by atoms with Gasteiger partial charge in [-0.3, -0.25) is 0 Å². The Hall–Kier alpha value is -2.88. The van der Waals surface area contributed by atoms with Crippen molar-refractivity contribution in [1.82, 2.24) is 0 Å². The Balaban J connectivity index is 1.59. The van der Waals surface area contributed by atoms with Crippen LogP contribution in [0.1, 0.15) is 68.4 Å². The van der Waals surface area contributed by atoms with Crippen molar-refractivity contribution in [2.24, 2.45) is 5.92 Å². The minimum atomic E-state index is -0.410. The minimum Gasteiger partial charge on any atom is -0.399 e. The Labute approximate surface area is 215 Å². The van der Waals surface area contributed by atoms with Crippen LogP contribution in [0.25, 0.3) is 11.1 Å². The van der Waals surface area contributed by atoms with Gasteiger partial charge in [-0.25, -0.2) is 0 Å². The van der Waals surface area contributed by atoms with Crippen molar-refractivity contribution in [1.29, 1.82) is 0 Å². The van der Waals surface area contributed by atoms with Gasteiger partial charge in [-0.2, -0.15) is 0 Å².